The molecule has 0 amide bonds. The summed E-state index contributed by atoms with van der Waals surface area (Å²) in [7, 11) is 0. The van der Waals surface area contributed by atoms with Crippen molar-refractivity contribution in [3.05, 3.63) is 0 Å². The summed E-state index contributed by atoms with van der Waals surface area (Å²) in [5, 5.41) is 3.53. The number of hydrogen-bond donors (Lipinski definition) is 1. The van der Waals surface area contributed by atoms with Gasteiger partial charge < -0.3 is 5.32 Å². The highest BCUT2D eigenvalue weighted by molar-refractivity contribution is 4.78. The van der Waals surface area contributed by atoms with E-state index in [4.69, 9.17) is 0 Å². The quantitative estimate of drug-likeness (QED) is 0.632. The highest BCUT2D eigenvalue weighted by Gasteiger charge is 2.22. The Labute approximate surface area is 64.2 Å². The smallest absolute Gasteiger partial charge is 0.00669 e. The fourth-order valence-electron chi connectivity index (χ4n) is 1.48. The molecule has 0 spiro atoms. The van der Waals surface area contributed by atoms with E-state index in [1.165, 1.54) is 32.2 Å². The Bertz CT molecular complexity index is 86.7. The van der Waals surface area contributed by atoms with E-state index in [0.29, 0.717) is 0 Å². The van der Waals surface area contributed by atoms with Crippen LogP contribution in [-0.2, 0) is 0 Å². The fourth-order valence-corrected chi connectivity index (χ4v) is 1.48. The predicted octanol–water partition coefficient (Wildman–Crippen LogP) is 2.17. The molecule has 1 nitrogen and oxygen atoms in total. The number of hydrogen-bond acceptors (Lipinski definition) is 1. The molecule has 0 bridgehead atoms. The second kappa shape index (κ2) is 3.97. The minimum absolute atomic E-state index is 0.772. The van der Waals surface area contributed by atoms with E-state index in [-0.39, 0.29) is 0 Å². The number of rotatable bonds is 4. The van der Waals surface area contributed by atoms with Gasteiger partial charge in [0.2, 0.25) is 0 Å². The van der Waals surface area contributed by atoms with Crippen molar-refractivity contribution < 1.29 is 0 Å². The molecular formula is C9H19N. The summed E-state index contributed by atoms with van der Waals surface area (Å²) < 4.78 is 0. The van der Waals surface area contributed by atoms with E-state index >= 15 is 0 Å². The highest BCUT2D eigenvalue weighted by Crippen LogP contribution is 2.29. The predicted molar refractivity (Wildman–Crippen MR) is 45.1 cm³/mol. The van der Waals surface area contributed by atoms with Crippen molar-refractivity contribution in [3.63, 3.8) is 0 Å². The van der Waals surface area contributed by atoms with E-state index in [1.807, 2.05) is 0 Å². The van der Waals surface area contributed by atoms with Gasteiger partial charge in [0.05, 0.1) is 0 Å². The molecule has 1 aliphatic carbocycles. The van der Waals surface area contributed by atoms with Gasteiger partial charge in [0, 0.05) is 6.04 Å². The molecule has 1 unspecified atom stereocenters. The molecule has 1 atom stereocenters. The second-order valence-corrected chi connectivity index (χ2v) is 3.43. The molecule has 0 aromatic carbocycles. The summed E-state index contributed by atoms with van der Waals surface area (Å²) in [6.45, 7) is 5.73. The SMILES string of the molecule is CCCNC(C)C1CCC1. The molecule has 10 heavy (non-hydrogen) atoms. The van der Waals surface area contributed by atoms with Crippen molar-refractivity contribution in [3.8, 4) is 0 Å². The molecule has 0 heterocycles. The van der Waals surface area contributed by atoms with Gasteiger partial charge >= 0.3 is 0 Å². The summed E-state index contributed by atoms with van der Waals surface area (Å²) in [6, 6.07) is 0.772. The van der Waals surface area contributed by atoms with Gasteiger partial charge in [-0.25, -0.2) is 0 Å². The lowest BCUT2D eigenvalue weighted by atomic mass is 9.80. The summed E-state index contributed by atoms with van der Waals surface area (Å²) in [5.74, 6) is 0.992. The van der Waals surface area contributed by atoms with E-state index in [2.05, 4.69) is 19.2 Å². The van der Waals surface area contributed by atoms with Crippen molar-refractivity contribution in [1.29, 1.82) is 0 Å². The maximum atomic E-state index is 3.53. The molecular weight excluding hydrogens is 122 g/mol. The molecule has 0 aliphatic heterocycles. The van der Waals surface area contributed by atoms with E-state index in [0.717, 1.165) is 12.0 Å². The lowest BCUT2D eigenvalue weighted by Gasteiger charge is -2.31. The fraction of sp³-hybridized carbons (Fsp3) is 1.00. The topological polar surface area (TPSA) is 12.0 Å². The minimum Gasteiger partial charge on any atom is -0.314 e. The average Bonchev–Trinajstić information content (AvgIpc) is 1.79. The van der Waals surface area contributed by atoms with Crippen LogP contribution in [0.5, 0.6) is 0 Å². The largest absolute Gasteiger partial charge is 0.314 e. The molecule has 0 saturated heterocycles. The Morgan fingerprint density at radius 3 is 2.60 bits per heavy atom. The Kier molecular flexibility index (Phi) is 3.20. The van der Waals surface area contributed by atoms with E-state index < -0.39 is 0 Å². The van der Waals surface area contributed by atoms with Gasteiger partial charge in [0.25, 0.3) is 0 Å². The minimum atomic E-state index is 0.772. The molecule has 1 N–H and O–H groups in total. The van der Waals surface area contributed by atoms with Crippen LogP contribution in [0.15, 0.2) is 0 Å². The summed E-state index contributed by atoms with van der Waals surface area (Å²) in [4.78, 5) is 0. The molecule has 0 aromatic rings. The van der Waals surface area contributed by atoms with Crippen LogP contribution >= 0.6 is 0 Å². The maximum absolute atomic E-state index is 3.53. The first-order valence-electron chi connectivity index (χ1n) is 4.58. The van der Waals surface area contributed by atoms with E-state index in [1.54, 1.807) is 0 Å². The number of nitrogens with one attached hydrogen (secondary N) is 1. The Morgan fingerprint density at radius 1 is 1.50 bits per heavy atom. The summed E-state index contributed by atoms with van der Waals surface area (Å²) >= 11 is 0. The van der Waals surface area contributed by atoms with Gasteiger partial charge in [-0.15, -0.1) is 0 Å². The van der Waals surface area contributed by atoms with Gasteiger partial charge in [0.15, 0.2) is 0 Å². The third-order valence-corrected chi connectivity index (χ3v) is 2.57. The normalized spacial score (nSPS) is 22.2. The van der Waals surface area contributed by atoms with Crippen LogP contribution in [0.4, 0.5) is 0 Å². The van der Waals surface area contributed by atoms with Gasteiger partial charge in [-0.3, -0.25) is 0 Å². The molecule has 1 saturated carbocycles. The van der Waals surface area contributed by atoms with E-state index in [9.17, 15) is 0 Å². The second-order valence-electron chi connectivity index (χ2n) is 3.43. The molecule has 1 rings (SSSR count). The molecule has 1 aliphatic rings. The van der Waals surface area contributed by atoms with Crippen LogP contribution in [-0.4, -0.2) is 12.6 Å². The zero-order chi connectivity index (χ0) is 7.40. The molecule has 1 heteroatoms. The van der Waals surface area contributed by atoms with Crippen LogP contribution in [0.25, 0.3) is 0 Å². The van der Waals surface area contributed by atoms with Gasteiger partial charge in [-0.2, -0.15) is 0 Å². The van der Waals surface area contributed by atoms with Gasteiger partial charge in [-0.05, 0) is 38.6 Å². The van der Waals surface area contributed by atoms with Crippen LogP contribution in [0.3, 0.4) is 0 Å². The lowest BCUT2D eigenvalue weighted by Crippen LogP contribution is -2.37. The van der Waals surface area contributed by atoms with Gasteiger partial charge in [0.1, 0.15) is 0 Å². The standard InChI is InChI=1S/C9H19N/c1-3-7-10-8(2)9-5-4-6-9/h8-10H,3-7H2,1-2H3. The van der Waals surface area contributed by atoms with Gasteiger partial charge in [-0.1, -0.05) is 13.3 Å². The van der Waals surface area contributed by atoms with Crippen LogP contribution in [0, 0.1) is 5.92 Å². The summed E-state index contributed by atoms with van der Waals surface area (Å²) in [6.07, 6.45) is 5.63. The van der Waals surface area contributed by atoms with Crippen molar-refractivity contribution in [1.82, 2.24) is 5.32 Å². The van der Waals surface area contributed by atoms with Crippen molar-refractivity contribution in [2.24, 2.45) is 5.92 Å². The first-order valence-corrected chi connectivity index (χ1v) is 4.58. The Balaban J connectivity index is 2.02. The first-order chi connectivity index (χ1) is 4.84. The third kappa shape index (κ3) is 1.98. The first kappa shape index (κ1) is 8.06. The molecule has 0 aromatic heterocycles. The highest BCUT2D eigenvalue weighted by atomic mass is 14.9. The van der Waals surface area contributed by atoms with Crippen LogP contribution < -0.4 is 5.32 Å². The van der Waals surface area contributed by atoms with Crippen LogP contribution in [0.1, 0.15) is 39.5 Å². The Hall–Kier alpha value is -0.0400. The van der Waals surface area contributed by atoms with Crippen molar-refractivity contribution >= 4 is 0 Å². The van der Waals surface area contributed by atoms with Crippen LogP contribution in [0.2, 0.25) is 0 Å². The zero-order valence-corrected chi connectivity index (χ0v) is 7.19. The van der Waals surface area contributed by atoms with Crippen molar-refractivity contribution in [2.75, 3.05) is 6.54 Å². The molecule has 60 valence electrons. The molecule has 0 radical (unpaired) electrons. The monoisotopic (exact) mass is 141 g/mol. The lowest BCUT2D eigenvalue weighted by molar-refractivity contribution is 0.241. The Morgan fingerprint density at radius 2 is 2.20 bits per heavy atom. The third-order valence-electron chi connectivity index (χ3n) is 2.57. The molecule has 1 fully saturated rings. The average molecular weight is 141 g/mol. The zero-order valence-electron chi connectivity index (χ0n) is 7.19. The summed E-state index contributed by atoms with van der Waals surface area (Å²) in [5.41, 5.74) is 0. The van der Waals surface area contributed by atoms with Crippen molar-refractivity contribution in [2.45, 2.75) is 45.6 Å². The maximum Gasteiger partial charge on any atom is 0.00669 e.